The van der Waals surface area contributed by atoms with Crippen LogP contribution in [-0.4, -0.2) is 12.6 Å². The lowest BCUT2D eigenvalue weighted by Crippen LogP contribution is -2.28. The van der Waals surface area contributed by atoms with Crippen molar-refractivity contribution < 1.29 is 22.7 Å². The number of hydrogen-bond donors (Lipinski definition) is 0. The summed E-state index contributed by atoms with van der Waals surface area (Å²) in [5.74, 6) is -0.395. The Morgan fingerprint density at radius 3 is 2.16 bits per heavy atom. The first-order chi connectivity index (χ1) is 11.8. The molecule has 0 heterocycles. The maximum atomic E-state index is 12.8. The zero-order chi connectivity index (χ0) is 18.2. The number of carbonyl (C=O) groups is 1. The molecule has 0 saturated heterocycles. The summed E-state index contributed by atoms with van der Waals surface area (Å²) in [6.45, 7) is 3.78. The third-order valence-electron chi connectivity index (χ3n) is 4.54. The molecule has 1 unspecified atom stereocenters. The Bertz CT molecular complexity index is 820. The average molecular weight is 346 g/mol. The minimum absolute atomic E-state index is 0.237. The van der Waals surface area contributed by atoms with Crippen molar-refractivity contribution in [1.29, 1.82) is 0 Å². The Morgan fingerprint density at radius 2 is 1.64 bits per heavy atom. The molecule has 0 aliphatic heterocycles. The van der Waals surface area contributed by atoms with Gasteiger partial charge in [0.15, 0.2) is 0 Å². The van der Waals surface area contributed by atoms with Crippen LogP contribution in [0.3, 0.4) is 0 Å². The van der Waals surface area contributed by atoms with E-state index in [1.54, 1.807) is 6.92 Å². The molecule has 25 heavy (non-hydrogen) atoms. The molecule has 1 aliphatic rings. The maximum Gasteiger partial charge on any atom is 0.416 e. The van der Waals surface area contributed by atoms with E-state index >= 15 is 0 Å². The van der Waals surface area contributed by atoms with Gasteiger partial charge in [0, 0.05) is 0 Å². The number of hydrogen-bond acceptors (Lipinski definition) is 2. The van der Waals surface area contributed by atoms with Crippen LogP contribution in [0.2, 0.25) is 0 Å². The molecule has 1 atom stereocenters. The van der Waals surface area contributed by atoms with Crippen molar-refractivity contribution in [1.82, 2.24) is 0 Å². The van der Waals surface area contributed by atoms with Gasteiger partial charge in [-0.2, -0.15) is 13.2 Å². The third kappa shape index (κ3) is 2.73. The Labute approximate surface area is 143 Å². The summed E-state index contributed by atoms with van der Waals surface area (Å²) in [4.78, 5) is 12.7. The molecule has 0 amide bonds. The molecule has 130 valence electrons. The number of ether oxygens (including phenoxy) is 1. The summed E-state index contributed by atoms with van der Waals surface area (Å²) in [7, 11) is 0. The van der Waals surface area contributed by atoms with E-state index in [4.69, 9.17) is 4.74 Å². The second kappa shape index (κ2) is 6.06. The number of benzene rings is 2. The molecule has 0 radical (unpaired) electrons. The number of alkyl halides is 3. The second-order valence-corrected chi connectivity index (χ2v) is 5.91. The number of rotatable bonds is 4. The van der Waals surface area contributed by atoms with Gasteiger partial charge in [-0.05, 0) is 48.3 Å². The lowest BCUT2D eigenvalue weighted by molar-refractivity contribution is -0.145. The van der Waals surface area contributed by atoms with Crippen LogP contribution in [0.4, 0.5) is 13.2 Å². The van der Waals surface area contributed by atoms with Gasteiger partial charge in [-0.3, -0.25) is 4.79 Å². The fourth-order valence-corrected chi connectivity index (χ4v) is 3.33. The van der Waals surface area contributed by atoms with Crippen molar-refractivity contribution in [2.24, 2.45) is 0 Å². The Balaban J connectivity index is 2.02. The van der Waals surface area contributed by atoms with E-state index < -0.39 is 23.1 Å². The van der Waals surface area contributed by atoms with Crippen molar-refractivity contribution in [3.63, 3.8) is 0 Å². The molecule has 2 nitrogen and oxygen atoms in total. The monoisotopic (exact) mass is 346 g/mol. The fourth-order valence-electron chi connectivity index (χ4n) is 3.33. The molecule has 0 bridgehead atoms. The molecule has 0 aromatic heterocycles. The first kappa shape index (κ1) is 17.3. The van der Waals surface area contributed by atoms with Crippen molar-refractivity contribution >= 4 is 11.5 Å². The van der Waals surface area contributed by atoms with E-state index in [1.165, 1.54) is 12.1 Å². The minimum Gasteiger partial charge on any atom is -0.465 e. The standard InChI is InChI=1S/C20H17F3O2/c1-3-25-18(24)19(15-7-5-4-6-8-15)13(2)17(19)14-9-11-16(12-10-14)20(21,22)23/h4-12H,3H2,1-2H3. The normalized spacial score (nSPS) is 19.7. The van der Waals surface area contributed by atoms with Crippen molar-refractivity contribution in [2.45, 2.75) is 25.4 Å². The van der Waals surface area contributed by atoms with Crippen molar-refractivity contribution in [2.75, 3.05) is 6.61 Å². The largest absolute Gasteiger partial charge is 0.465 e. The highest BCUT2D eigenvalue weighted by Crippen LogP contribution is 2.60. The molecule has 0 spiro atoms. The Hall–Kier alpha value is -2.56. The number of carbonyl (C=O) groups excluding carboxylic acids is 1. The molecule has 0 saturated carbocycles. The van der Waals surface area contributed by atoms with Gasteiger partial charge in [0.1, 0.15) is 5.41 Å². The smallest absolute Gasteiger partial charge is 0.416 e. The molecule has 1 aliphatic carbocycles. The third-order valence-corrected chi connectivity index (χ3v) is 4.54. The molecule has 0 N–H and O–H groups in total. The van der Waals surface area contributed by atoms with Crippen LogP contribution in [0.1, 0.15) is 30.5 Å². The predicted molar refractivity (Wildman–Crippen MR) is 88.8 cm³/mol. The van der Waals surface area contributed by atoms with Crippen molar-refractivity contribution in [3.05, 3.63) is 76.9 Å². The summed E-state index contributed by atoms with van der Waals surface area (Å²) in [5.41, 5.74) is 1.17. The zero-order valence-corrected chi connectivity index (χ0v) is 13.9. The van der Waals surface area contributed by atoms with Gasteiger partial charge in [-0.25, -0.2) is 0 Å². The first-order valence-electron chi connectivity index (χ1n) is 7.95. The predicted octanol–water partition coefficient (Wildman–Crippen LogP) is 4.99. The maximum absolute atomic E-state index is 12.8. The van der Waals surface area contributed by atoms with Crippen LogP contribution in [0, 0.1) is 0 Å². The van der Waals surface area contributed by atoms with E-state index in [2.05, 4.69) is 0 Å². The Kier molecular flexibility index (Phi) is 4.19. The minimum atomic E-state index is -4.39. The number of esters is 1. The molecular weight excluding hydrogens is 329 g/mol. The van der Waals surface area contributed by atoms with Crippen molar-refractivity contribution in [3.8, 4) is 0 Å². The molecule has 2 aromatic rings. The highest BCUT2D eigenvalue weighted by atomic mass is 19.4. The van der Waals surface area contributed by atoms with Crippen LogP contribution in [0.15, 0.2) is 60.2 Å². The lowest BCUT2D eigenvalue weighted by Gasteiger charge is -2.19. The lowest BCUT2D eigenvalue weighted by atomic mass is 9.86. The SMILES string of the molecule is CCOC(=O)C1(c2ccccc2)C(C)=C1c1ccc(C(F)(F)F)cc1. The van der Waals surface area contributed by atoms with E-state index in [0.717, 1.165) is 23.3 Å². The quantitative estimate of drug-likeness (QED) is 0.729. The second-order valence-electron chi connectivity index (χ2n) is 5.91. The summed E-state index contributed by atoms with van der Waals surface area (Å²) < 4.78 is 43.6. The first-order valence-corrected chi connectivity index (χ1v) is 7.95. The van der Waals surface area contributed by atoms with Gasteiger partial charge >= 0.3 is 12.1 Å². The Morgan fingerprint density at radius 1 is 1.04 bits per heavy atom. The summed E-state index contributed by atoms with van der Waals surface area (Å²) >= 11 is 0. The molecular formula is C20H17F3O2. The highest BCUT2D eigenvalue weighted by molar-refractivity contribution is 6.15. The van der Waals surface area contributed by atoms with E-state index in [1.807, 2.05) is 37.3 Å². The van der Waals surface area contributed by atoms with Crippen LogP contribution in [0.25, 0.3) is 5.57 Å². The summed E-state index contributed by atoms with van der Waals surface area (Å²) in [5, 5.41) is 0. The van der Waals surface area contributed by atoms with E-state index in [-0.39, 0.29) is 6.61 Å². The van der Waals surface area contributed by atoms with E-state index in [0.29, 0.717) is 11.1 Å². The van der Waals surface area contributed by atoms with Crippen LogP contribution < -0.4 is 0 Å². The van der Waals surface area contributed by atoms with Crippen LogP contribution in [-0.2, 0) is 21.1 Å². The average Bonchev–Trinajstić information content (AvgIpc) is 3.22. The topological polar surface area (TPSA) is 26.3 Å². The number of halogens is 3. The van der Waals surface area contributed by atoms with Gasteiger partial charge in [-0.15, -0.1) is 0 Å². The van der Waals surface area contributed by atoms with Crippen LogP contribution in [0.5, 0.6) is 0 Å². The molecule has 2 aromatic carbocycles. The van der Waals surface area contributed by atoms with Gasteiger partial charge in [0.25, 0.3) is 0 Å². The van der Waals surface area contributed by atoms with E-state index in [9.17, 15) is 18.0 Å². The summed E-state index contributed by atoms with van der Waals surface area (Å²) in [6, 6.07) is 14.0. The summed E-state index contributed by atoms with van der Waals surface area (Å²) in [6.07, 6.45) is -4.39. The molecule has 3 rings (SSSR count). The van der Waals surface area contributed by atoms with Gasteiger partial charge in [0.05, 0.1) is 12.2 Å². The van der Waals surface area contributed by atoms with Gasteiger partial charge in [0.2, 0.25) is 0 Å². The zero-order valence-electron chi connectivity index (χ0n) is 13.9. The van der Waals surface area contributed by atoms with Gasteiger partial charge < -0.3 is 4.74 Å². The molecule has 0 fully saturated rings. The van der Waals surface area contributed by atoms with Crippen LogP contribution >= 0.6 is 0 Å². The molecule has 5 heteroatoms. The van der Waals surface area contributed by atoms with Gasteiger partial charge in [-0.1, -0.05) is 42.5 Å². The fraction of sp³-hybridized carbons (Fsp3) is 0.250. The highest BCUT2D eigenvalue weighted by Gasteiger charge is 2.59.